The van der Waals surface area contributed by atoms with E-state index in [-0.39, 0.29) is 18.6 Å². The van der Waals surface area contributed by atoms with Crippen LogP contribution in [0.3, 0.4) is 0 Å². The van der Waals surface area contributed by atoms with Crippen molar-refractivity contribution in [1.82, 2.24) is 15.8 Å². The van der Waals surface area contributed by atoms with Crippen LogP contribution in [0.25, 0.3) is 0 Å². The minimum absolute atomic E-state index is 0.0718. The Balaban J connectivity index is 1.82. The van der Waals surface area contributed by atoms with E-state index in [2.05, 4.69) is 15.8 Å². The molecule has 0 saturated carbocycles. The quantitative estimate of drug-likeness (QED) is 0.759. The zero-order valence-electron chi connectivity index (χ0n) is 14.6. The van der Waals surface area contributed by atoms with Gasteiger partial charge < -0.3 is 20.3 Å². The molecule has 2 rings (SSSR count). The summed E-state index contributed by atoms with van der Waals surface area (Å²) in [5.41, 5.74) is 3.68. The molecule has 0 aliphatic rings. The van der Waals surface area contributed by atoms with Gasteiger partial charge in [0.15, 0.2) is 0 Å². The van der Waals surface area contributed by atoms with Crippen molar-refractivity contribution in [2.45, 2.75) is 46.3 Å². The number of nitrogens with zero attached hydrogens (tertiary/aromatic N) is 1. The Morgan fingerprint density at radius 3 is 2.62 bits per heavy atom. The van der Waals surface area contributed by atoms with Crippen LogP contribution < -0.4 is 10.6 Å². The maximum Gasteiger partial charge on any atom is 0.315 e. The van der Waals surface area contributed by atoms with E-state index in [1.165, 1.54) is 0 Å². The Hall–Kier alpha value is -2.34. The number of rotatable bonds is 6. The van der Waals surface area contributed by atoms with Crippen LogP contribution in [-0.2, 0) is 6.42 Å². The molecule has 0 aliphatic heterocycles. The minimum atomic E-state index is -0.727. The summed E-state index contributed by atoms with van der Waals surface area (Å²) in [4.78, 5) is 12.0. The monoisotopic (exact) mass is 331 g/mol. The summed E-state index contributed by atoms with van der Waals surface area (Å²) in [5, 5.41) is 19.7. The molecule has 1 aromatic carbocycles. The summed E-state index contributed by atoms with van der Waals surface area (Å²) in [6.07, 6.45) is -0.0793. The molecule has 2 unspecified atom stereocenters. The number of hydrogen-bond acceptors (Lipinski definition) is 4. The summed E-state index contributed by atoms with van der Waals surface area (Å²) in [7, 11) is 0. The predicted octanol–water partition coefficient (Wildman–Crippen LogP) is 2.56. The largest absolute Gasteiger partial charge is 0.387 e. The number of carbonyl (C=O) groups is 1. The maximum absolute atomic E-state index is 12.0. The summed E-state index contributed by atoms with van der Waals surface area (Å²) >= 11 is 0. The lowest BCUT2D eigenvalue weighted by atomic mass is 10.0. The number of urea groups is 1. The van der Waals surface area contributed by atoms with Crippen LogP contribution >= 0.6 is 0 Å². The second kappa shape index (κ2) is 7.97. The molecule has 6 heteroatoms. The molecule has 0 radical (unpaired) electrons. The molecule has 2 amide bonds. The van der Waals surface area contributed by atoms with E-state index in [0.717, 1.165) is 28.1 Å². The lowest BCUT2D eigenvalue weighted by Gasteiger charge is -2.17. The molecule has 0 fully saturated rings. The van der Waals surface area contributed by atoms with Crippen molar-refractivity contribution in [3.8, 4) is 0 Å². The minimum Gasteiger partial charge on any atom is -0.387 e. The van der Waals surface area contributed by atoms with Gasteiger partial charge in [-0.2, -0.15) is 0 Å². The Bertz CT molecular complexity index is 677. The maximum atomic E-state index is 12.0. The van der Waals surface area contributed by atoms with Crippen molar-refractivity contribution >= 4 is 6.03 Å². The zero-order valence-corrected chi connectivity index (χ0v) is 14.6. The van der Waals surface area contributed by atoms with Gasteiger partial charge in [-0.05, 0) is 45.2 Å². The van der Waals surface area contributed by atoms with E-state index in [9.17, 15) is 9.90 Å². The van der Waals surface area contributed by atoms with Crippen molar-refractivity contribution < 1.29 is 14.4 Å². The van der Waals surface area contributed by atoms with Gasteiger partial charge in [-0.15, -0.1) is 0 Å². The highest BCUT2D eigenvalue weighted by Gasteiger charge is 2.16. The predicted molar refractivity (Wildman–Crippen MR) is 91.8 cm³/mol. The van der Waals surface area contributed by atoms with Gasteiger partial charge in [0.1, 0.15) is 5.76 Å². The third kappa shape index (κ3) is 4.58. The van der Waals surface area contributed by atoms with Gasteiger partial charge in [0.05, 0.1) is 11.8 Å². The fraction of sp³-hybridized carbons (Fsp3) is 0.444. The third-order valence-corrected chi connectivity index (χ3v) is 4.07. The highest BCUT2D eigenvalue weighted by Crippen LogP contribution is 2.16. The first kappa shape index (κ1) is 18.0. The Morgan fingerprint density at radius 2 is 2.00 bits per heavy atom. The van der Waals surface area contributed by atoms with Crippen molar-refractivity contribution in [3.63, 3.8) is 0 Å². The first-order valence-corrected chi connectivity index (χ1v) is 8.08. The number of carbonyl (C=O) groups excluding carboxylic acids is 1. The molecule has 1 aromatic heterocycles. The second-order valence-electron chi connectivity index (χ2n) is 6.13. The molecule has 0 saturated heterocycles. The van der Waals surface area contributed by atoms with Crippen molar-refractivity contribution in [2.75, 3.05) is 6.54 Å². The molecule has 3 N–H and O–H groups in total. The highest BCUT2D eigenvalue weighted by molar-refractivity contribution is 5.74. The van der Waals surface area contributed by atoms with E-state index >= 15 is 0 Å². The van der Waals surface area contributed by atoms with Gasteiger partial charge >= 0.3 is 6.03 Å². The van der Waals surface area contributed by atoms with Crippen molar-refractivity contribution in [3.05, 3.63) is 52.4 Å². The number of amides is 2. The van der Waals surface area contributed by atoms with E-state index in [0.29, 0.717) is 6.42 Å². The van der Waals surface area contributed by atoms with E-state index < -0.39 is 6.10 Å². The summed E-state index contributed by atoms with van der Waals surface area (Å²) in [6, 6.07) is 7.21. The van der Waals surface area contributed by atoms with Crippen LogP contribution in [0.15, 0.2) is 28.8 Å². The normalized spacial score (nSPS) is 13.4. The van der Waals surface area contributed by atoms with Gasteiger partial charge in [0.2, 0.25) is 0 Å². The number of nitrogens with one attached hydrogen (secondary N) is 2. The molecule has 0 aliphatic carbocycles. The number of aromatic nitrogens is 1. The number of aliphatic hydroxyl groups is 1. The van der Waals surface area contributed by atoms with Crippen molar-refractivity contribution in [2.24, 2.45) is 0 Å². The smallest absolute Gasteiger partial charge is 0.315 e. The molecular weight excluding hydrogens is 306 g/mol. The highest BCUT2D eigenvalue weighted by atomic mass is 16.5. The summed E-state index contributed by atoms with van der Waals surface area (Å²) in [5.74, 6) is 0.775. The third-order valence-electron chi connectivity index (χ3n) is 4.07. The second-order valence-corrected chi connectivity index (χ2v) is 6.13. The number of hydrogen-bond donors (Lipinski definition) is 3. The van der Waals surface area contributed by atoms with Crippen LogP contribution in [0, 0.1) is 20.8 Å². The number of benzene rings is 1. The molecule has 130 valence electrons. The van der Waals surface area contributed by atoms with Crippen LogP contribution in [-0.4, -0.2) is 28.9 Å². The Morgan fingerprint density at radius 1 is 1.29 bits per heavy atom. The standard InChI is InChI=1S/C18H25N3O3/c1-11-7-5-6-8-15(11)17(22)10-19-18(23)20-12(2)9-16-13(3)21-24-14(16)4/h5-8,12,17,22H,9-10H2,1-4H3,(H2,19,20,23). The zero-order chi connectivity index (χ0) is 17.7. The Kier molecular flexibility index (Phi) is 5.98. The molecular formula is C18H25N3O3. The van der Waals surface area contributed by atoms with E-state index in [1.807, 2.05) is 52.0 Å². The molecule has 2 aromatic rings. The molecule has 2 atom stereocenters. The van der Waals surface area contributed by atoms with Gasteiger partial charge in [-0.3, -0.25) is 0 Å². The van der Waals surface area contributed by atoms with E-state index in [4.69, 9.17) is 4.52 Å². The molecule has 0 spiro atoms. The van der Waals surface area contributed by atoms with Gasteiger partial charge in [-0.25, -0.2) is 4.79 Å². The molecule has 24 heavy (non-hydrogen) atoms. The van der Waals surface area contributed by atoms with E-state index in [1.54, 1.807) is 0 Å². The van der Waals surface area contributed by atoms with Gasteiger partial charge in [0, 0.05) is 18.2 Å². The van der Waals surface area contributed by atoms with Gasteiger partial charge in [0.25, 0.3) is 0 Å². The first-order chi connectivity index (χ1) is 11.4. The lowest BCUT2D eigenvalue weighted by Crippen LogP contribution is -2.43. The topological polar surface area (TPSA) is 87.4 Å². The fourth-order valence-corrected chi connectivity index (χ4v) is 2.69. The summed E-state index contributed by atoms with van der Waals surface area (Å²) in [6.45, 7) is 7.76. The fourth-order valence-electron chi connectivity index (χ4n) is 2.69. The number of aliphatic hydroxyl groups excluding tert-OH is 1. The molecule has 6 nitrogen and oxygen atoms in total. The Labute approximate surface area is 142 Å². The van der Waals surface area contributed by atoms with Crippen molar-refractivity contribution in [1.29, 1.82) is 0 Å². The molecule has 1 heterocycles. The molecule has 0 bridgehead atoms. The first-order valence-electron chi connectivity index (χ1n) is 8.08. The average Bonchev–Trinajstić information content (AvgIpc) is 2.85. The average molecular weight is 331 g/mol. The van der Waals surface area contributed by atoms with Crippen LogP contribution in [0.4, 0.5) is 4.79 Å². The van der Waals surface area contributed by atoms with Crippen LogP contribution in [0.1, 0.15) is 41.2 Å². The van der Waals surface area contributed by atoms with Crippen LogP contribution in [0.2, 0.25) is 0 Å². The van der Waals surface area contributed by atoms with Crippen LogP contribution in [0.5, 0.6) is 0 Å². The summed E-state index contributed by atoms with van der Waals surface area (Å²) < 4.78 is 5.13. The number of aryl methyl sites for hydroxylation is 3. The SMILES string of the molecule is Cc1ccccc1C(O)CNC(=O)NC(C)Cc1c(C)noc1C. The lowest BCUT2D eigenvalue weighted by molar-refractivity contribution is 0.172. The van der Waals surface area contributed by atoms with Gasteiger partial charge in [-0.1, -0.05) is 29.4 Å².